The van der Waals surface area contributed by atoms with Crippen molar-refractivity contribution in [3.8, 4) is 0 Å². The van der Waals surface area contributed by atoms with E-state index >= 15 is 0 Å². The van der Waals surface area contributed by atoms with E-state index in [-0.39, 0.29) is 24.7 Å². The third kappa shape index (κ3) is 5.24. The normalized spacial score (nSPS) is 18.7. The van der Waals surface area contributed by atoms with Crippen LogP contribution in [0.1, 0.15) is 26.2 Å². The zero-order valence-electron chi connectivity index (χ0n) is 13.0. The summed E-state index contributed by atoms with van der Waals surface area (Å²) in [6, 6.07) is -0.570. The summed E-state index contributed by atoms with van der Waals surface area (Å²) >= 11 is 6.21. The number of likely N-dealkylation sites (tertiary alicyclic amines) is 1. The van der Waals surface area contributed by atoms with Crippen molar-refractivity contribution in [1.82, 2.24) is 4.90 Å². The molecule has 0 bridgehead atoms. The number of Topliss-reactive ketones (excluding diaryl/α,β-unsaturated/α-hetero) is 1. The molecule has 1 rings (SSSR count). The number of esters is 1. The minimum Gasteiger partial charge on any atom is -0.478 e. The van der Waals surface area contributed by atoms with Crippen molar-refractivity contribution in [2.45, 2.75) is 32.2 Å². The van der Waals surface area contributed by atoms with Gasteiger partial charge in [0.15, 0.2) is 0 Å². The molecule has 1 saturated heterocycles. The second-order valence-corrected chi connectivity index (χ2v) is 6.49. The number of rotatable bonds is 6. The van der Waals surface area contributed by atoms with Crippen LogP contribution in [0.3, 0.4) is 0 Å². The number of ether oxygens (including phenoxy) is 2. The van der Waals surface area contributed by atoms with Gasteiger partial charge in [-0.15, -0.1) is 0 Å². The molecular weight excluding hydrogens is 326 g/mol. The van der Waals surface area contributed by atoms with Crippen LogP contribution >= 0.6 is 24.0 Å². The summed E-state index contributed by atoms with van der Waals surface area (Å²) < 4.78 is 10.4. The lowest BCUT2D eigenvalue weighted by atomic mass is 10.0. The monoisotopic (exact) mass is 347 g/mol. The highest BCUT2D eigenvalue weighted by Crippen LogP contribution is 2.22. The lowest BCUT2D eigenvalue weighted by molar-refractivity contribution is -0.153. The molecule has 0 aromatic carbocycles. The molecule has 2 atom stereocenters. The predicted octanol–water partition coefficient (Wildman–Crippen LogP) is 1.41. The Balaban J connectivity index is 2.79. The maximum atomic E-state index is 12.6. The van der Waals surface area contributed by atoms with Crippen molar-refractivity contribution < 1.29 is 23.9 Å². The first kappa shape index (κ1) is 18.9. The van der Waals surface area contributed by atoms with Crippen LogP contribution in [0.15, 0.2) is 0 Å². The second-order valence-electron chi connectivity index (χ2n) is 5.08. The third-order valence-corrected chi connectivity index (χ3v) is 4.53. The molecule has 0 spiro atoms. The Bertz CT molecular complexity index is 455. The second kappa shape index (κ2) is 9.09. The lowest BCUT2D eigenvalue weighted by Gasteiger charge is -2.27. The molecule has 1 amide bonds. The number of nitrogens with zero attached hydrogens (tertiary/aromatic N) is 1. The van der Waals surface area contributed by atoms with E-state index in [1.54, 1.807) is 6.26 Å². The number of methoxy groups -OCH3 is 1. The fourth-order valence-corrected chi connectivity index (χ4v) is 2.69. The first-order chi connectivity index (χ1) is 10.4. The fraction of sp³-hybridized carbons (Fsp3) is 0.714. The Morgan fingerprint density at radius 3 is 2.64 bits per heavy atom. The number of ketones is 1. The number of carbonyl (C=O) groups excluding carboxylic acids is 3. The molecule has 0 unspecified atom stereocenters. The SMILES string of the molecule is COC(=O)[C@@H]1CCCN1C(=O)[C@H](COC(=S)SC)CC(C)=O. The molecule has 0 aromatic rings. The molecule has 22 heavy (non-hydrogen) atoms. The standard InChI is InChI=1S/C14H21NO5S2/c1-9(16)7-10(8-20-14(21)22-3)12(17)15-6-4-5-11(15)13(18)19-2/h10-11H,4-8H2,1-3H3/t10-,11-/m0/s1. The molecule has 1 aliphatic rings. The van der Waals surface area contributed by atoms with E-state index in [0.29, 0.717) is 17.3 Å². The Morgan fingerprint density at radius 2 is 2.09 bits per heavy atom. The number of amides is 1. The van der Waals surface area contributed by atoms with E-state index in [1.165, 1.54) is 30.7 Å². The molecule has 6 nitrogen and oxygen atoms in total. The van der Waals surface area contributed by atoms with Gasteiger partial charge in [-0.1, -0.05) is 11.8 Å². The van der Waals surface area contributed by atoms with Gasteiger partial charge in [0.05, 0.1) is 13.0 Å². The van der Waals surface area contributed by atoms with Gasteiger partial charge in [-0.05, 0) is 38.2 Å². The van der Waals surface area contributed by atoms with Crippen molar-refractivity contribution in [3.63, 3.8) is 0 Å². The quantitative estimate of drug-likeness (QED) is 0.531. The molecule has 8 heteroatoms. The maximum Gasteiger partial charge on any atom is 0.328 e. The van der Waals surface area contributed by atoms with Crippen LogP contribution in [0, 0.1) is 5.92 Å². The first-order valence-corrected chi connectivity index (χ1v) is 8.62. The van der Waals surface area contributed by atoms with Crippen molar-refractivity contribution >= 4 is 46.0 Å². The Morgan fingerprint density at radius 1 is 1.41 bits per heavy atom. The van der Waals surface area contributed by atoms with E-state index in [1.807, 2.05) is 0 Å². The molecule has 0 radical (unpaired) electrons. The zero-order chi connectivity index (χ0) is 16.7. The van der Waals surface area contributed by atoms with Crippen LogP contribution in [0.2, 0.25) is 0 Å². The molecule has 0 aromatic heterocycles. The molecule has 1 fully saturated rings. The van der Waals surface area contributed by atoms with E-state index in [0.717, 1.165) is 6.42 Å². The van der Waals surface area contributed by atoms with Gasteiger partial charge < -0.3 is 19.2 Å². The molecule has 1 aliphatic heterocycles. The predicted molar refractivity (Wildman–Crippen MR) is 87.6 cm³/mol. The van der Waals surface area contributed by atoms with Gasteiger partial charge in [0.2, 0.25) is 10.3 Å². The van der Waals surface area contributed by atoms with Crippen LogP contribution in [0.25, 0.3) is 0 Å². The van der Waals surface area contributed by atoms with E-state index in [9.17, 15) is 14.4 Å². The van der Waals surface area contributed by atoms with Gasteiger partial charge in [-0.3, -0.25) is 4.79 Å². The molecule has 0 N–H and O–H groups in total. The highest BCUT2D eigenvalue weighted by atomic mass is 32.2. The largest absolute Gasteiger partial charge is 0.478 e. The molecule has 124 valence electrons. The first-order valence-electron chi connectivity index (χ1n) is 6.99. The summed E-state index contributed by atoms with van der Waals surface area (Å²) in [5.74, 6) is -1.42. The fourth-order valence-electron chi connectivity index (χ4n) is 2.44. The summed E-state index contributed by atoms with van der Waals surface area (Å²) in [7, 11) is 1.30. The third-order valence-electron chi connectivity index (χ3n) is 3.46. The number of hydrogen-bond donors (Lipinski definition) is 0. The van der Waals surface area contributed by atoms with Crippen LogP contribution in [0.5, 0.6) is 0 Å². The van der Waals surface area contributed by atoms with Gasteiger partial charge in [-0.2, -0.15) is 0 Å². The Hall–Kier alpha value is -1.15. The number of thiocarbonyl (C=S) groups is 1. The van der Waals surface area contributed by atoms with Crippen LogP contribution in [-0.4, -0.2) is 59.5 Å². The number of hydrogen-bond acceptors (Lipinski definition) is 7. The van der Waals surface area contributed by atoms with E-state index in [2.05, 4.69) is 0 Å². The van der Waals surface area contributed by atoms with E-state index < -0.39 is 17.9 Å². The number of carbonyl (C=O) groups is 3. The summed E-state index contributed by atoms with van der Waals surface area (Å²) in [6.45, 7) is 1.96. The van der Waals surface area contributed by atoms with Gasteiger partial charge in [0.25, 0.3) is 0 Å². The number of thioether (sulfide) groups is 1. The van der Waals surface area contributed by atoms with Gasteiger partial charge >= 0.3 is 5.97 Å². The maximum absolute atomic E-state index is 12.6. The summed E-state index contributed by atoms with van der Waals surface area (Å²) in [5, 5.41) is 0. The molecule has 0 saturated carbocycles. The molecule has 1 heterocycles. The topological polar surface area (TPSA) is 72.9 Å². The zero-order valence-corrected chi connectivity index (χ0v) is 14.6. The highest BCUT2D eigenvalue weighted by molar-refractivity contribution is 8.22. The minimum atomic E-state index is -0.632. The van der Waals surface area contributed by atoms with Gasteiger partial charge in [0.1, 0.15) is 18.4 Å². The van der Waals surface area contributed by atoms with Crippen LogP contribution in [0.4, 0.5) is 0 Å². The van der Waals surface area contributed by atoms with Crippen molar-refractivity contribution in [2.75, 3.05) is 26.5 Å². The average molecular weight is 347 g/mol. The van der Waals surface area contributed by atoms with Crippen molar-refractivity contribution in [1.29, 1.82) is 0 Å². The Kier molecular flexibility index (Phi) is 7.81. The van der Waals surface area contributed by atoms with E-state index in [4.69, 9.17) is 21.7 Å². The lowest BCUT2D eigenvalue weighted by Crippen LogP contribution is -2.45. The van der Waals surface area contributed by atoms with Gasteiger partial charge in [0, 0.05) is 13.0 Å². The van der Waals surface area contributed by atoms with Gasteiger partial charge in [-0.25, -0.2) is 4.79 Å². The summed E-state index contributed by atoms with van der Waals surface area (Å²) in [6.07, 6.45) is 3.16. The molecule has 0 aliphatic carbocycles. The van der Waals surface area contributed by atoms with Crippen LogP contribution in [-0.2, 0) is 23.9 Å². The minimum absolute atomic E-state index is 0.0441. The van der Waals surface area contributed by atoms with Crippen LogP contribution < -0.4 is 0 Å². The summed E-state index contributed by atoms with van der Waals surface area (Å²) in [5.41, 5.74) is 0. The van der Waals surface area contributed by atoms with Crippen molar-refractivity contribution in [2.24, 2.45) is 5.92 Å². The van der Waals surface area contributed by atoms with Crippen molar-refractivity contribution in [3.05, 3.63) is 0 Å². The molecular formula is C14H21NO5S2. The average Bonchev–Trinajstić information content (AvgIpc) is 2.98. The smallest absolute Gasteiger partial charge is 0.328 e. The highest BCUT2D eigenvalue weighted by Gasteiger charge is 2.38. The summed E-state index contributed by atoms with van der Waals surface area (Å²) in [4.78, 5) is 37.3. The Labute approximate surface area is 139 Å².